The maximum atomic E-state index is 11.1. The minimum absolute atomic E-state index is 0.0100. The van der Waals surface area contributed by atoms with Crippen molar-refractivity contribution in [3.8, 4) is 17.2 Å². The molecule has 7 nitrogen and oxygen atoms in total. The molecule has 138 valence electrons. The van der Waals surface area contributed by atoms with Gasteiger partial charge in [0.05, 0.1) is 17.6 Å². The Morgan fingerprint density at radius 1 is 1.23 bits per heavy atom. The third kappa shape index (κ3) is 4.30. The molecule has 0 unspecified atom stereocenters. The number of hydrogen-bond donors (Lipinski definition) is 2. The van der Waals surface area contributed by atoms with E-state index in [2.05, 4.69) is 4.99 Å². The molecule has 0 saturated carbocycles. The van der Waals surface area contributed by atoms with Gasteiger partial charge in [-0.3, -0.25) is 15.1 Å². The average molecular weight is 358 g/mol. The standard InChI is InChI=1S/C19H22N2O5/c1-5-26-17-10-14(21(24)25)8-12(18(17)23)11-20-15-9-13(19(2,3)4)6-7-16(15)22/h6-11,22-23H,5H2,1-4H3. The van der Waals surface area contributed by atoms with Crippen molar-refractivity contribution < 1.29 is 19.9 Å². The van der Waals surface area contributed by atoms with Crippen LogP contribution in [0.2, 0.25) is 0 Å². The largest absolute Gasteiger partial charge is 0.506 e. The summed E-state index contributed by atoms with van der Waals surface area (Å²) in [6.45, 7) is 8.07. The van der Waals surface area contributed by atoms with Crippen molar-refractivity contribution in [1.29, 1.82) is 0 Å². The van der Waals surface area contributed by atoms with Crippen LogP contribution in [0.15, 0.2) is 35.3 Å². The molecule has 0 heterocycles. The third-order valence-corrected chi connectivity index (χ3v) is 3.78. The van der Waals surface area contributed by atoms with Crippen molar-refractivity contribution in [3.05, 3.63) is 51.6 Å². The van der Waals surface area contributed by atoms with E-state index in [0.29, 0.717) is 5.69 Å². The highest BCUT2D eigenvalue weighted by Gasteiger charge is 2.17. The Hall–Kier alpha value is -3.09. The minimum Gasteiger partial charge on any atom is -0.506 e. The smallest absolute Gasteiger partial charge is 0.274 e. The van der Waals surface area contributed by atoms with Crippen LogP contribution in [0, 0.1) is 10.1 Å². The van der Waals surface area contributed by atoms with Crippen LogP contribution in [-0.2, 0) is 5.41 Å². The molecule has 0 atom stereocenters. The topological polar surface area (TPSA) is 105 Å². The number of non-ortho nitro benzene ring substituents is 1. The number of aromatic hydroxyl groups is 2. The first-order chi connectivity index (χ1) is 12.1. The van der Waals surface area contributed by atoms with Gasteiger partial charge in [0, 0.05) is 17.8 Å². The van der Waals surface area contributed by atoms with Crippen LogP contribution in [-0.4, -0.2) is 28.0 Å². The molecular weight excluding hydrogens is 336 g/mol. The van der Waals surface area contributed by atoms with Gasteiger partial charge in [0.25, 0.3) is 5.69 Å². The van der Waals surface area contributed by atoms with Gasteiger partial charge in [0.15, 0.2) is 11.5 Å². The minimum atomic E-state index is -0.572. The van der Waals surface area contributed by atoms with Crippen molar-refractivity contribution >= 4 is 17.6 Å². The lowest BCUT2D eigenvalue weighted by Crippen LogP contribution is -2.10. The number of hydrogen-bond acceptors (Lipinski definition) is 6. The van der Waals surface area contributed by atoms with Crippen LogP contribution in [0.3, 0.4) is 0 Å². The van der Waals surface area contributed by atoms with Crippen LogP contribution in [0.25, 0.3) is 0 Å². The molecule has 0 aromatic heterocycles. The Morgan fingerprint density at radius 3 is 2.50 bits per heavy atom. The predicted molar refractivity (Wildman–Crippen MR) is 100.0 cm³/mol. The maximum absolute atomic E-state index is 11.1. The van der Waals surface area contributed by atoms with Crippen LogP contribution in [0.5, 0.6) is 17.2 Å². The molecule has 2 N–H and O–H groups in total. The number of nitro groups is 1. The molecule has 0 fully saturated rings. The highest BCUT2D eigenvalue weighted by molar-refractivity contribution is 5.88. The zero-order valence-corrected chi connectivity index (χ0v) is 15.2. The average Bonchev–Trinajstić information content (AvgIpc) is 2.55. The molecule has 26 heavy (non-hydrogen) atoms. The van der Waals surface area contributed by atoms with E-state index >= 15 is 0 Å². The predicted octanol–water partition coefficient (Wildman–Crippen LogP) is 4.45. The van der Waals surface area contributed by atoms with E-state index in [0.717, 1.165) is 11.6 Å². The number of phenols is 2. The molecule has 0 radical (unpaired) electrons. The van der Waals surface area contributed by atoms with Gasteiger partial charge in [0.2, 0.25) is 0 Å². The monoisotopic (exact) mass is 358 g/mol. The number of rotatable bonds is 5. The zero-order valence-electron chi connectivity index (χ0n) is 15.2. The number of benzene rings is 2. The third-order valence-electron chi connectivity index (χ3n) is 3.78. The fourth-order valence-electron chi connectivity index (χ4n) is 2.32. The van der Waals surface area contributed by atoms with E-state index in [-0.39, 0.29) is 40.5 Å². The summed E-state index contributed by atoms with van der Waals surface area (Å²) in [5, 5.41) is 31.4. The molecule has 0 aliphatic heterocycles. The highest BCUT2D eigenvalue weighted by atomic mass is 16.6. The van der Waals surface area contributed by atoms with Gasteiger partial charge in [-0.2, -0.15) is 0 Å². The van der Waals surface area contributed by atoms with Gasteiger partial charge < -0.3 is 14.9 Å². The second-order valence-electron chi connectivity index (χ2n) is 6.78. The van der Waals surface area contributed by atoms with Crippen LogP contribution in [0.4, 0.5) is 11.4 Å². The zero-order chi connectivity index (χ0) is 19.5. The molecule has 2 aromatic rings. The lowest BCUT2D eigenvalue weighted by molar-refractivity contribution is -0.385. The summed E-state index contributed by atoms with van der Waals surface area (Å²) in [6.07, 6.45) is 1.27. The van der Waals surface area contributed by atoms with Crippen LogP contribution < -0.4 is 4.74 Å². The van der Waals surface area contributed by atoms with Crippen molar-refractivity contribution in [2.75, 3.05) is 6.61 Å². The van der Waals surface area contributed by atoms with Gasteiger partial charge in [-0.1, -0.05) is 26.8 Å². The Morgan fingerprint density at radius 2 is 1.92 bits per heavy atom. The van der Waals surface area contributed by atoms with Gasteiger partial charge in [-0.15, -0.1) is 0 Å². The maximum Gasteiger partial charge on any atom is 0.274 e. The van der Waals surface area contributed by atoms with Gasteiger partial charge in [0.1, 0.15) is 11.4 Å². The Labute approximate surface area is 151 Å². The van der Waals surface area contributed by atoms with Crippen molar-refractivity contribution in [2.45, 2.75) is 33.1 Å². The summed E-state index contributed by atoms with van der Waals surface area (Å²) in [5.41, 5.74) is 1.05. The SMILES string of the molecule is CCOc1cc([N+](=O)[O-])cc(C=Nc2cc(C(C)(C)C)ccc2O)c1O. The Balaban J connectivity index is 2.49. The normalized spacial score (nSPS) is 11.7. The van der Waals surface area contributed by atoms with Crippen molar-refractivity contribution in [2.24, 2.45) is 4.99 Å². The summed E-state index contributed by atoms with van der Waals surface area (Å²) < 4.78 is 5.24. The van der Waals surface area contributed by atoms with E-state index in [1.165, 1.54) is 12.3 Å². The summed E-state index contributed by atoms with van der Waals surface area (Å²) >= 11 is 0. The van der Waals surface area contributed by atoms with Gasteiger partial charge in [-0.25, -0.2) is 0 Å². The number of nitro benzene ring substituents is 1. The molecule has 0 spiro atoms. The van der Waals surface area contributed by atoms with E-state index in [4.69, 9.17) is 4.74 Å². The Bertz CT molecular complexity index is 854. The molecule has 2 rings (SSSR count). The van der Waals surface area contributed by atoms with Gasteiger partial charge in [-0.05, 0) is 30.0 Å². The first-order valence-corrected chi connectivity index (χ1v) is 8.15. The van der Waals surface area contributed by atoms with Crippen LogP contribution in [0.1, 0.15) is 38.8 Å². The fourth-order valence-corrected chi connectivity index (χ4v) is 2.32. The summed E-state index contributed by atoms with van der Waals surface area (Å²) in [4.78, 5) is 14.7. The van der Waals surface area contributed by atoms with Crippen molar-refractivity contribution in [1.82, 2.24) is 0 Å². The highest BCUT2D eigenvalue weighted by Crippen LogP contribution is 2.36. The second kappa shape index (κ2) is 7.43. The quantitative estimate of drug-likeness (QED) is 0.466. The molecule has 0 aliphatic carbocycles. The summed E-state index contributed by atoms with van der Waals surface area (Å²) in [7, 11) is 0. The van der Waals surface area contributed by atoms with E-state index in [9.17, 15) is 20.3 Å². The molecule has 0 bridgehead atoms. The van der Waals surface area contributed by atoms with Crippen molar-refractivity contribution in [3.63, 3.8) is 0 Å². The van der Waals surface area contributed by atoms with Gasteiger partial charge >= 0.3 is 0 Å². The van der Waals surface area contributed by atoms with E-state index in [1.54, 1.807) is 19.1 Å². The first kappa shape index (κ1) is 19.2. The molecule has 0 aliphatic rings. The molecule has 0 saturated heterocycles. The lowest BCUT2D eigenvalue weighted by atomic mass is 9.87. The number of ether oxygens (including phenoxy) is 1. The first-order valence-electron chi connectivity index (χ1n) is 8.15. The molecule has 7 heteroatoms. The lowest BCUT2D eigenvalue weighted by Gasteiger charge is -2.19. The fraction of sp³-hybridized carbons (Fsp3) is 0.316. The number of nitrogens with zero attached hydrogens (tertiary/aromatic N) is 2. The molecular formula is C19H22N2O5. The summed E-state index contributed by atoms with van der Waals surface area (Å²) in [5.74, 6) is -0.257. The molecule has 2 aromatic carbocycles. The number of phenolic OH excluding ortho intramolecular Hbond substituents is 2. The number of aliphatic imine (C=N–C) groups is 1. The second-order valence-corrected chi connectivity index (χ2v) is 6.78. The molecule has 0 amide bonds. The van der Waals surface area contributed by atoms with E-state index < -0.39 is 4.92 Å². The van der Waals surface area contributed by atoms with Crippen LogP contribution >= 0.6 is 0 Å². The van der Waals surface area contributed by atoms with E-state index in [1.807, 2.05) is 26.8 Å². The Kier molecular flexibility index (Phi) is 5.50. The summed E-state index contributed by atoms with van der Waals surface area (Å²) in [6, 6.07) is 7.46.